The summed E-state index contributed by atoms with van der Waals surface area (Å²) in [7, 11) is 3.27. The number of hydrogen-bond acceptors (Lipinski definition) is 6. The lowest BCUT2D eigenvalue weighted by molar-refractivity contribution is -0.141. The second-order valence-corrected chi connectivity index (χ2v) is 6.58. The normalized spacial score (nSPS) is 18.9. The summed E-state index contributed by atoms with van der Waals surface area (Å²) in [6, 6.07) is 0. The fraction of sp³-hybridized carbons (Fsp3) is 0.583. The molecule has 20 heavy (non-hydrogen) atoms. The Hall–Kier alpha value is -1.15. The summed E-state index contributed by atoms with van der Waals surface area (Å²) in [5.41, 5.74) is 0. The van der Waals surface area contributed by atoms with Crippen LogP contribution in [0.25, 0.3) is 0 Å². The number of methoxy groups -OCH3 is 1. The average Bonchev–Trinajstić information content (AvgIpc) is 2.89. The fourth-order valence-corrected chi connectivity index (χ4v) is 3.82. The fourth-order valence-electron chi connectivity index (χ4n) is 1.86. The van der Waals surface area contributed by atoms with Gasteiger partial charge >= 0.3 is 5.97 Å². The van der Waals surface area contributed by atoms with Crippen LogP contribution >= 0.6 is 23.5 Å². The molecule has 1 aromatic heterocycles. The van der Waals surface area contributed by atoms with Gasteiger partial charge in [0.05, 0.1) is 12.9 Å². The maximum atomic E-state index is 12.2. The average molecular weight is 315 g/mol. The Labute approximate surface area is 126 Å². The molecule has 1 aliphatic heterocycles. The van der Waals surface area contributed by atoms with Gasteiger partial charge in [0.1, 0.15) is 5.25 Å². The summed E-state index contributed by atoms with van der Waals surface area (Å²) < 4.78 is 6.61. The highest BCUT2D eigenvalue weighted by atomic mass is 32.2. The number of amides is 1. The van der Waals surface area contributed by atoms with Crippen molar-refractivity contribution in [3.05, 3.63) is 12.4 Å². The third-order valence-electron chi connectivity index (χ3n) is 2.98. The van der Waals surface area contributed by atoms with E-state index in [0.29, 0.717) is 18.8 Å². The van der Waals surface area contributed by atoms with Gasteiger partial charge in [0.2, 0.25) is 5.91 Å². The van der Waals surface area contributed by atoms with E-state index < -0.39 is 0 Å². The molecule has 0 unspecified atom stereocenters. The zero-order chi connectivity index (χ0) is 14.5. The first-order valence-electron chi connectivity index (χ1n) is 6.19. The molecule has 0 aliphatic carbocycles. The monoisotopic (exact) mass is 315 g/mol. The molecule has 0 saturated carbocycles. The van der Waals surface area contributed by atoms with Crippen LogP contribution in [0, 0.1) is 0 Å². The number of rotatable bonds is 4. The van der Waals surface area contributed by atoms with Gasteiger partial charge in [-0.2, -0.15) is 0 Å². The highest BCUT2D eigenvalue weighted by Gasteiger charge is 2.29. The summed E-state index contributed by atoms with van der Waals surface area (Å²) in [5.74, 6) is 0.874. The first-order chi connectivity index (χ1) is 9.61. The van der Waals surface area contributed by atoms with Crippen LogP contribution in [0.4, 0.5) is 0 Å². The number of carbonyl (C=O) groups is 2. The summed E-state index contributed by atoms with van der Waals surface area (Å²) in [4.78, 5) is 29.6. The van der Waals surface area contributed by atoms with Crippen LogP contribution < -0.4 is 0 Å². The van der Waals surface area contributed by atoms with Gasteiger partial charge in [-0.1, -0.05) is 11.8 Å². The topological polar surface area (TPSA) is 64.4 Å². The molecule has 6 nitrogen and oxygen atoms in total. The van der Waals surface area contributed by atoms with Gasteiger partial charge in [-0.25, -0.2) is 4.98 Å². The molecule has 1 atom stereocenters. The first kappa shape index (κ1) is 15.2. The van der Waals surface area contributed by atoms with E-state index in [1.165, 1.54) is 18.9 Å². The molecular formula is C12H17N3O3S2. The van der Waals surface area contributed by atoms with Crippen molar-refractivity contribution < 1.29 is 14.3 Å². The van der Waals surface area contributed by atoms with Crippen LogP contribution in [0.15, 0.2) is 17.6 Å². The maximum absolute atomic E-state index is 12.2. The molecule has 1 amide bonds. The second-order valence-electron chi connectivity index (χ2n) is 4.33. The SMILES string of the molecule is COC(=O)[C@@H]1CN(C(=O)CSc2nccn2C)CCS1. The number of ether oxygens (including phenoxy) is 1. The van der Waals surface area contributed by atoms with Crippen molar-refractivity contribution in [2.24, 2.45) is 7.05 Å². The van der Waals surface area contributed by atoms with Gasteiger partial charge in [0.25, 0.3) is 0 Å². The lowest BCUT2D eigenvalue weighted by Gasteiger charge is -2.30. The van der Waals surface area contributed by atoms with E-state index in [0.717, 1.165) is 10.9 Å². The van der Waals surface area contributed by atoms with Crippen LogP contribution in [0.5, 0.6) is 0 Å². The van der Waals surface area contributed by atoms with E-state index in [9.17, 15) is 9.59 Å². The largest absolute Gasteiger partial charge is 0.468 e. The summed E-state index contributed by atoms with van der Waals surface area (Å²) >= 11 is 2.95. The third-order valence-corrected chi connectivity index (χ3v) is 5.19. The number of hydrogen-bond donors (Lipinski definition) is 0. The molecule has 2 rings (SSSR count). The lowest BCUT2D eigenvalue weighted by Crippen LogP contribution is -2.45. The Morgan fingerprint density at radius 2 is 2.40 bits per heavy atom. The molecule has 110 valence electrons. The standard InChI is InChI=1S/C12H17N3O3S2/c1-14-4-3-13-12(14)20-8-10(16)15-5-6-19-9(7-15)11(17)18-2/h3-4,9H,5-8H2,1-2H3/t9-/m0/s1. The number of carbonyl (C=O) groups excluding carboxylic acids is 2. The smallest absolute Gasteiger partial charge is 0.320 e. The molecule has 1 aliphatic rings. The van der Waals surface area contributed by atoms with Crippen molar-refractivity contribution in [1.29, 1.82) is 0 Å². The minimum absolute atomic E-state index is 0.0344. The minimum atomic E-state index is -0.268. The summed E-state index contributed by atoms with van der Waals surface area (Å²) in [6.45, 7) is 1.11. The van der Waals surface area contributed by atoms with Gasteiger partial charge in [-0.3, -0.25) is 9.59 Å². The van der Waals surface area contributed by atoms with E-state index in [4.69, 9.17) is 4.74 Å². The van der Waals surface area contributed by atoms with Crippen LogP contribution in [-0.4, -0.2) is 63.3 Å². The molecule has 2 heterocycles. The van der Waals surface area contributed by atoms with Crippen molar-refractivity contribution in [2.75, 3.05) is 31.7 Å². The van der Waals surface area contributed by atoms with E-state index >= 15 is 0 Å². The lowest BCUT2D eigenvalue weighted by atomic mass is 10.3. The second kappa shape index (κ2) is 7.03. The predicted octanol–water partition coefficient (Wildman–Crippen LogP) is 0.629. The molecule has 1 saturated heterocycles. The zero-order valence-electron chi connectivity index (χ0n) is 11.4. The predicted molar refractivity (Wildman–Crippen MR) is 78.8 cm³/mol. The van der Waals surface area contributed by atoms with E-state index in [-0.39, 0.29) is 17.1 Å². The van der Waals surface area contributed by atoms with Crippen LogP contribution in [0.2, 0.25) is 0 Å². The Balaban J connectivity index is 1.86. The number of thioether (sulfide) groups is 2. The number of aryl methyl sites for hydroxylation is 1. The van der Waals surface area contributed by atoms with E-state index in [1.807, 2.05) is 17.8 Å². The number of nitrogens with zero attached hydrogens (tertiary/aromatic N) is 3. The number of imidazole rings is 1. The van der Waals surface area contributed by atoms with Gasteiger partial charge < -0.3 is 14.2 Å². The van der Waals surface area contributed by atoms with Crippen LogP contribution in [-0.2, 0) is 21.4 Å². The molecule has 0 radical (unpaired) electrons. The van der Waals surface area contributed by atoms with Gasteiger partial charge in [-0.05, 0) is 0 Å². The molecule has 1 aromatic rings. The van der Waals surface area contributed by atoms with Crippen molar-refractivity contribution in [3.63, 3.8) is 0 Å². The minimum Gasteiger partial charge on any atom is -0.468 e. The van der Waals surface area contributed by atoms with Crippen molar-refractivity contribution in [2.45, 2.75) is 10.4 Å². The van der Waals surface area contributed by atoms with Gasteiger partial charge in [0.15, 0.2) is 5.16 Å². The Morgan fingerprint density at radius 1 is 1.60 bits per heavy atom. The Morgan fingerprint density at radius 3 is 3.05 bits per heavy atom. The highest BCUT2D eigenvalue weighted by molar-refractivity contribution is 8.00. The molecule has 0 N–H and O–H groups in total. The third kappa shape index (κ3) is 3.69. The summed E-state index contributed by atoms with van der Waals surface area (Å²) in [5, 5.41) is 0.546. The van der Waals surface area contributed by atoms with Crippen molar-refractivity contribution in [3.8, 4) is 0 Å². The van der Waals surface area contributed by atoms with Gasteiger partial charge in [-0.15, -0.1) is 11.8 Å². The van der Waals surface area contributed by atoms with Crippen molar-refractivity contribution in [1.82, 2.24) is 14.5 Å². The molecule has 1 fully saturated rings. The zero-order valence-corrected chi connectivity index (χ0v) is 13.1. The van der Waals surface area contributed by atoms with E-state index in [1.54, 1.807) is 22.9 Å². The molecule has 8 heteroatoms. The maximum Gasteiger partial charge on any atom is 0.320 e. The molecule has 0 aromatic carbocycles. The molecule has 0 bridgehead atoms. The number of aromatic nitrogens is 2. The highest BCUT2D eigenvalue weighted by Crippen LogP contribution is 2.21. The molecule has 0 spiro atoms. The molecular weight excluding hydrogens is 298 g/mol. The van der Waals surface area contributed by atoms with Crippen molar-refractivity contribution >= 4 is 35.4 Å². The number of esters is 1. The Kier molecular flexibility index (Phi) is 5.36. The Bertz CT molecular complexity index is 492. The van der Waals surface area contributed by atoms with Crippen LogP contribution in [0.1, 0.15) is 0 Å². The van der Waals surface area contributed by atoms with E-state index in [2.05, 4.69) is 4.98 Å². The first-order valence-corrected chi connectivity index (χ1v) is 8.22. The summed E-state index contributed by atoms with van der Waals surface area (Å²) in [6.07, 6.45) is 3.55. The quantitative estimate of drug-likeness (QED) is 0.600. The van der Waals surface area contributed by atoms with Gasteiger partial charge in [0, 0.05) is 38.3 Å². The van der Waals surface area contributed by atoms with Crippen LogP contribution in [0.3, 0.4) is 0 Å².